The first-order chi connectivity index (χ1) is 11.0. The fraction of sp³-hybridized carbons (Fsp3) is 0.263. The Labute approximate surface area is 137 Å². The van der Waals surface area contributed by atoms with Gasteiger partial charge in [-0.05, 0) is 37.6 Å². The Morgan fingerprint density at radius 3 is 2.09 bits per heavy atom. The van der Waals surface area contributed by atoms with E-state index in [2.05, 4.69) is 0 Å². The molecule has 4 heteroatoms. The number of hydrogen-bond donors (Lipinski definition) is 0. The zero-order valence-corrected chi connectivity index (χ0v) is 13.8. The van der Waals surface area contributed by atoms with Crippen molar-refractivity contribution < 1.29 is 9.59 Å². The Bertz CT molecular complexity index is 683. The fourth-order valence-corrected chi connectivity index (χ4v) is 2.56. The molecule has 0 aromatic heterocycles. The van der Waals surface area contributed by atoms with Gasteiger partial charge in [0.25, 0.3) is 0 Å². The molecule has 0 N–H and O–H groups in total. The molecule has 0 saturated heterocycles. The average molecular weight is 310 g/mol. The number of amides is 2. The van der Waals surface area contributed by atoms with Gasteiger partial charge in [-0.2, -0.15) is 0 Å². The van der Waals surface area contributed by atoms with Crippen molar-refractivity contribution >= 4 is 23.2 Å². The predicted octanol–water partition coefficient (Wildman–Crippen LogP) is 3.40. The van der Waals surface area contributed by atoms with Crippen LogP contribution in [0.3, 0.4) is 0 Å². The highest BCUT2D eigenvalue weighted by Gasteiger charge is 2.21. The van der Waals surface area contributed by atoms with Crippen LogP contribution < -0.4 is 9.80 Å². The molecule has 0 saturated carbocycles. The van der Waals surface area contributed by atoms with Crippen LogP contribution in [0.5, 0.6) is 0 Å². The summed E-state index contributed by atoms with van der Waals surface area (Å²) in [6, 6.07) is 17.1. The Balaban J connectivity index is 2.25. The van der Waals surface area contributed by atoms with Gasteiger partial charge in [-0.1, -0.05) is 36.4 Å². The smallest absolute Gasteiger partial charge is 0.247 e. The normalized spacial score (nSPS) is 10.2. The summed E-state index contributed by atoms with van der Waals surface area (Å²) in [5.74, 6) is -0.242. The minimum atomic E-state index is -0.142. The molecule has 23 heavy (non-hydrogen) atoms. The third kappa shape index (κ3) is 3.97. The van der Waals surface area contributed by atoms with Crippen LogP contribution in [0.2, 0.25) is 0 Å². The second kappa shape index (κ2) is 7.58. The van der Waals surface area contributed by atoms with Gasteiger partial charge >= 0.3 is 0 Å². The van der Waals surface area contributed by atoms with E-state index in [1.807, 2.05) is 68.4 Å². The number of anilines is 2. The van der Waals surface area contributed by atoms with Crippen LogP contribution in [0.25, 0.3) is 0 Å². The predicted molar refractivity (Wildman–Crippen MR) is 93.7 cm³/mol. The van der Waals surface area contributed by atoms with Gasteiger partial charge in [0.2, 0.25) is 11.8 Å². The van der Waals surface area contributed by atoms with Crippen LogP contribution >= 0.6 is 0 Å². The van der Waals surface area contributed by atoms with Crippen molar-refractivity contribution in [1.82, 2.24) is 0 Å². The van der Waals surface area contributed by atoms with E-state index in [-0.39, 0.29) is 18.4 Å². The molecule has 0 radical (unpaired) electrons. The van der Waals surface area contributed by atoms with E-state index in [0.717, 1.165) is 16.9 Å². The lowest BCUT2D eigenvalue weighted by Gasteiger charge is -2.27. The lowest BCUT2D eigenvalue weighted by molar-refractivity contribution is -0.121. The molecule has 120 valence electrons. The molecule has 0 spiro atoms. The minimum Gasteiger partial charge on any atom is -0.311 e. The molecule has 2 aromatic rings. The van der Waals surface area contributed by atoms with Gasteiger partial charge in [0.15, 0.2) is 0 Å². The number of benzene rings is 2. The number of carbonyl (C=O) groups excluding carboxylic acids is 2. The van der Waals surface area contributed by atoms with Crippen LogP contribution in [0, 0.1) is 6.92 Å². The number of para-hydroxylation sites is 2. The largest absolute Gasteiger partial charge is 0.311 e. The van der Waals surface area contributed by atoms with Crippen molar-refractivity contribution in [2.24, 2.45) is 0 Å². The monoisotopic (exact) mass is 310 g/mol. The first-order valence-corrected chi connectivity index (χ1v) is 7.73. The zero-order chi connectivity index (χ0) is 16.8. The zero-order valence-electron chi connectivity index (χ0n) is 13.8. The molecule has 0 aliphatic carbocycles. The van der Waals surface area contributed by atoms with E-state index >= 15 is 0 Å². The maximum atomic E-state index is 12.7. The van der Waals surface area contributed by atoms with Gasteiger partial charge in [0.05, 0.1) is 0 Å². The number of aryl methyl sites for hydroxylation is 1. The Hall–Kier alpha value is -2.62. The molecule has 0 bridgehead atoms. The Kier molecular flexibility index (Phi) is 5.52. The SMILES string of the molecule is CCN(C(=O)CN(C(C)=O)c1ccccc1C)c1ccccc1. The Morgan fingerprint density at radius 2 is 1.52 bits per heavy atom. The standard InChI is InChI=1S/C19H22N2O2/c1-4-20(17-11-6-5-7-12-17)19(23)14-21(16(3)22)18-13-9-8-10-15(18)2/h5-13H,4,14H2,1-3H3. The topological polar surface area (TPSA) is 40.6 Å². The third-order valence-electron chi connectivity index (χ3n) is 3.76. The van der Waals surface area contributed by atoms with Crippen LogP contribution in [-0.4, -0.2) is 24.9 Å². The first kappa shape index (κ1) is 16.7. The van der Waals surface area contributed by atoms with Gasteiger partial charge in [-0.25, -0.2) is 0 Å². The number of nitrogens with zero attached hydrogens (tertiary/aromatic N) is 2. The molecule has 0 fully saturated rings. The summed E-state index contributed by atoms with van der Waals surface area (Å²) < 4.78 is 0. The summed E-state index contributed by atoms with van der Waals surface area (Å²) in [5, 5.41) is 0. The van der Waals surface area contributed by atoms with Crippen molar-refractivity contribution in [2.75, 3.05) is 22.9 Å². The summed E-state index contributed by atoms with van der Waals surface area (Å²) in [4.78, 5) is 28.0. The maximum Gasteiger partial charge on any atom is 0.247 e. The highest BCUT2D eigenvalue weighted by atomic mass is 16.2. The number of carbonyl (C=O) groups is 2. The van der Waals surface area contributed by atoms with Crippen molar-refractivity contribution in [1.29, 1.82) is 0 Å². The summed E-state index contributed by atoms with van der Waals surface area (Å²) in [5.41, 5.74) is 2.59. The molecule has 0 heterocycles. The highest BCUT2D eigenvalue weighted by molar-refractivity contribution is 6.03. The quantitative estimate of drug-likeness (QED) is 0.849. The molecular weight excluding hydrogens is 288 g/mol. The molecule has 0 atom stereocenters. The van der Waals surface area contributed by atoms with E-state index in [9.17, 15) is 9.59 Å². The molecule has 0 unspecified atom stereocenters. The van der Waals surface area contributed by atoms with Crippen molar-refractivity contribution in [3.8, 4) is 0 Å². The molecule has 2 rings (SSSR count). The van der Waals surface area contributed by atoms with Crippen molar-refractivity contribution in [3.05, 3.63) is 60.2 Å². The second-order valence-electron chi connectivity index (χ2n) is 5.37. The summed E-state index contributed by atoms with van der Waals surface area (Å²) in [6.07, 6.45) is 0. The second-order valence-corrected chi connectivity index (χ2v) is 5.37. The van der Waals surface area contributed by atoms with E-state index in [4.69, 9.17) is 0 Å². The number of rotatable bonds is 5. The number of hydrogen-bond acceptors (Lipinski definition) is 2. The molecule has 0 aliphatic rings. The Morgan fingerprint density at radius 1 is 0.913 bits per heavy atom. The molecule has 0 aliphatic heterocycles. The van der Waals surface area contributed by atoms with Gasteiger partial charge in [0, 0.05) is 24.8 Å². The van der Waals surface area contributed by atoms with Gasteiger partial charge in [-0.3, -0.25) is 9.59 Å². The molecule has 2 amide bonds. The molecular formula is C19H22N2O2. The summed E-state index contributed by atoms with van der Waals surface area (Å²) in [7, 11) is 0. The molecule has 4 nitrogen and oxygen atoms in total. The van der Waals surface area contributed by atoms with E-state index in [1.165, 1.54) is 11.8 Å². The minimum absolute atomic E-state index is 0.0307. The fourth-order valence-electron chi connectivity index (χ4n) is 2.56. The van der Waals surface area contributed by atoms with Gasteiger partial charge in [0.1, 0.15) is 6.54 Å². The van der Waals surface area contributed by atoms with Crippen molar-refractivity contribution in [2.45, 2.75) is 20.8 Å². The van der Waals surface area contributed by atoms with Crippen LogP contribution in [0.4, 0.5) is 11.4 Å². The average Bonchev–Trinajstić information content (AvgIpc) is 2.55. The van der Waals surface area contributed by atoms with E-state index in [1.54, 1.807) is 4.90 Å². The van der Waals surface area contributed by atoms with Crippen LogP contribution in [0.1, 0.15) is 19.4 Å². The first-order valence-electron chi connectivity index (χ1n) is 7.73. The third-order valence-corrected chi connectivity index (χ3v) is 3.76. The van der Waals surface area contributed by atoms with Crippen LogP contribution in [0.15, 0.2) is 54.6 Å². The van der Waals surface area contributed by atoms with Crippen LogP contribution in [-0.2, 0) is 9.59 Å². The lowest BCUT2D eigenvalue weighted by Crippen LogP contribution is -2.42. The maximum absolute atomic E-state index is 12.7. The van der Waals surface area contributed by atoms with Crippen molar-refractivity contribution in [3.63, 3.8) is 0 Å². The highest BCUT2D eigenvalue weighted by Crippen LogP contribution is 2.21. The van der Waals surface area contributed by atoms with Gasteiger partial charge in [-0.15, -0.1) is 0 Å². The summed E-state index contributed by atoms with van der Waals surface area (Å²) in [6.45, 7) is 5.94. The van der Waals surface area contributed by atoms with E-state index in [0.29, 0.717) is 6.54 Å². The number of likely N-dealkylation sites (N-methyl/N-ethyl adjacent to an activating group) is 1. The summed E-state index contributed by atoms with van der Waals surface area (Å²) >= 11 is 0. The molecule has 2 aromatic carbocycles. The van der Waals surface area contributed by atoms with E-state index < -0.39 is 0 Å². The van der Waals surface area contributed by atoms with Gasteiger partial charge < -0.3 is 9.80 Å². The lowest BCUT2D eigenvalue weighted by atomic mass is 10.1.